The zero-order valence-corrected chi connectivity index (χ0v) is 16.6. The van der Waals surface area contributed by atoms with E-state index in [0.29, 0.717) is 0 Å². The van der Waals surface area contributed by atoms with E-state index in [1.165, 1.54) is 16.8 Å². The molecule has 0 saturated heterocycles. The molecule has 0 aliphatic carbocycles. The number of rotatable bonds is 3. The van der Waals surface area contributed by atoms with Gasteiger partial charge in [-0.15, -0.1) is 0 Å². The highest BCUT2D eigenvalue weighted by molar-refractivity contribution is 6.05. The first-order chi connectivity index (χ1) is 12.9. The number of aromatic nitrogens is 3. The Hall–Kier alpha value is -3.01. The van der Waals surface area contributed by atoms with E-state index in [-0.39, 0.29) is 5.41 Å². The molecular weight excluding hydrogens is 332 g/mol. The van der Waals surface area contributed by atoms with Crippen LogP contribution in [0.2, 0.25) is 0 Å². The summed E-state index contributed by atoms with van der Waals surface area (Å²) in [6.45, 7) is 8.70. The molecule has 0 bridgehead atoms. The standard InChI is InChI=1S/C23H25N4/c1-16-19(17(2)27(25-16)18-10-7-6-8-11-18)13-14-21-23(3,4)20-12-9-15-24-22(20)26(21)5/h6-15H,1-5H3/q+1. The van der Waals surface area contributed by atoms with Gasteiger partial charge in [0.1, 0.15) is 11.9 Å². The van der Waals surface area contributed by atoms with E-state index in [1.807, 2.05) is 35.1 Å². The van der Waals surface area contributed by atoms with Crippen molar-refractivity contribution in [3.63, 3.8) is 0 Å². The molecule has 0 spiro atoms. The van der Waals surface area contributed by atoms with Crippen LogP contribution in [0.5, 0.6) is 0 Å². The van der Waals surface area contributed by atoms with E-state index >= 15 is 0 Å². The van der Waals surface area contributed by atoms with E-state index in [0.717, 1.165) is 22.9 Å². The average Bonchev–Trinajstić information content (AvgIpc) is 3.06. The molecular formula is C23H25N4+. The molecule has 0 atom stereocenters. The van der Waals surface area contributed by atoms with Gasteiger partial charge >= 0.3 is 5.82 Å². The van der Waals surface area contributed by atoms with Gasteiger partial charge in [-0.25, -0.2) is 9.26 Å². The highest BCUT2D eigenvalue weighted by Gasteiger charge is 2.41. The summed E-state index contributed by atoms with van der Waals surface area (Å²) < 4.78 is 4.21. The van der Waals surface area contributed by atoms with E-state index in [9.17, 15) is 0 Å². The van der Waals surface area contributed by atoms with Crippen LogP contribution in [-0.4, -0.2) is 32.1 Å². The third kappa shape index (κ3) is 2.72. The fourth-order valence-corrected chi connectivity index (χ4v) is 4.02. The van der Waals surface area contributed by atoms with Crippen molar-refractivity contribution in [2.45, 2.75) is 33.1 Å². The lowest BCUT2D eigenvalue weighted by Crippen LogP contribution is -2.26. The number of hydrogen-bond acceptors (Lipinski definition) is 2. The molecule has 3 aromatic rings. The Morgan fingerprint density at radius 3 is 2.44 bits per heavy atom. The minimum absolute atomic E-state index is 0.0773. The summed E-state index contributed by atoms with van der Waals surface area (Å²) >= 11 is 0. The van der Waals surface area contributed by atoms with Gasteiger partial charge in [0.2, 0.25) is 0 Å². The van der Waals surface area contributed by atoms with Crippen LogP contribution in [0.4, 0.5) is 5.82 Å². The highest BCUT2D eigenvalue weighted by Crippen LogP contribution is 2.37. The van der Waals surface area contributed by atoms with Crippen LogP contribution in [0, 0.1) is 13.8 Å². The Labute approximate surface area is 160 Å². The van der Waals surface area contributed by atoms with Gasteiger partial charge in [-0.2, -0.15) is 5.10 Å². The van der Waals surface area contributed by atoms with Crippen molar-refractivity contribution in [3.05, 3.63) is 77.3 Å². The summed E-state index contributed by atoms with van der Waals surface area (Å²) in [5.74, 6) is 1.04. The molecule has 3 heterocycles. The van der Waals surface area contributed by atoms with Gasteiger partial charge in [-0.3, -0.25) is 0 Å². The molecule has 4 heteroatoms. The number of hydrogen-bond donors (Lipinski definition) is 0. The molecule has 4 rings (SSSR count). The second-order valence-electron chi connectivity index (χ2n) is 7.61. The summed E-state index contributed by atoms with van der Waals surface area (Å²) in [5, 5.41) is 4.75. The Bertz CT molecular complexity index is 1070. The lowest BCUT2D eigenvalue weighted by atomic mass is 9.82. The van der Waals surface area contributed by atoms with Crippen LogP contribution in [0.15, 0.2) is 54.7 Å². The zero-order valence-electron chi connectivity index (χ0n) is 16.6. The van der Waals surface area contributed by atoms with Crippen LogP contribution >= 0.6 is 0 Å². The predicted octanol–water partition coefficient (Wildman–Crippen LogP) is 4.60. The molecule has 1 aliphatic rings. The van der Waals surface area contributed by atoms with Crippen LogP contribution in [0.3, 0.4) is 0 Å². The number of para-hydroxylation sites is 1. The van der Waals surface area contributed by atoms with Crippen molar-refractivity contribution in [2.24, 2.45) is 0 Å². The van der Waals surface area contributed by atoms with Gasteiger partial charge < -0.3 is 0 Å². The molecule has 0 N–H and O–H groups in total. The van der Waals surface area contributed by atoms with Crippen molar-refractivity contribution in [1.82, 2.24) is 14.8 Å². The van der Waals surface area contributed by atoms with Gasteiger partial charge in [0.25, 0.3) is 0 Å². The fraction of sp³-hybridized carbons (Fsp3) is 0.261. The van der Waals surface area contributed by atoms with Gasteiger partial charge in [-0.05, 0) is 69.1 Å². The predicted molar refractivity (Wildman–Crippen MR) is 110 cm³/mol. The highest BCUT2D eigenvalue weighted by atomic mass is 15.3. The smallest absolute Gasteiger partial charge is 0.237 e. The van der Waals surface area contributed by atoms with Gasteiger partial charge in [0.15, 0.2) is 0 Å². The maximum atomic E-state index is 4.75. The first kappa shape index (κ1) is 17.4. The topological polar surface area (TPSA) is 33.7 Å². The van der Waals surface area contributed by atoms with E-state index < -0.39 is 0 Å². The van der Waals surface area contributed by atoms with E-state index in [1.54, 1.807) is 0 Å². The Morgan fingerprint density at radius 2 is 1.74 bits per heavy atom. The number of allylic oxidation sites excluding steroid dienone is 1. The second-order valence-corrected chi connectivity index (χ2v) is 7.61. The fourth-order valence-electron chi connectivity index (χ4n) is 4.02. The minimum atomic E-state index is -0.0773. The van der Waals surface area contributed by atoms with Crippen molar-refractivity contribution >= 4 is 17.6 Å². The zero-order chi connectivity index (χ0) is 19.2. The summed E-state index contributed by atoms with van der Waals surface area (Å²) in [6.07, 6.45) is 6.26. The lowest BCUT2D eigenvalue weighted by Gasteiger charge is -2.16. The monoisotopic (exact) mass is 357 g/mol. The minimum Gasteiger partial charge on any atom is -0.237 e. The molecule has 0 unspecified atom stereocenters. The second kappa shape index (κ2) is 6.31. The summed E-state index contributed by atoms with van der Waals surface area (Å²) in [6, 6.07) is 14.4. The van der Waals surface area contributed by atoms with E-state index in [2.05, 4.69) is 74.7 Å². The molecule has 4 nitrogen and oxygen atoms in total. The molecule has 0 amide bonds. The Kier molecular flexibility index (Phi) is 4.06. The van der Waals surface area contributed by atoms with Crippen LogP contribution in [0.1, 0.15) is 36.4 Å². The Morgan fingerprint density at radius 1 is 1.00 bits per heavy atom. The summed E-state index contributed by atoms with van der Waals surface area (Å²) in [7, 11) is 2.09. The van der Waals surface area contributed by atoms with Crippen molar-refractivity contribution in [1.29, 1.82) is 0 Å². The molecule has 1 aromatic carbocycles. The van der Waals surface area contributed by atoms with Crippen LogP contribution in [0.25, 0.3) is 11.8 Å². The average molecular weight is 357 g/mol. The summed E-state index contributed by atoms with van der Waals surface area (Å²) in [4.78, 5) is 4.57. The molecule has 136 valence electrons. The van der Waals surface area contributed by atoms with Crippen LogP contribution in [-0.2, 0) is 5.41 Å². The number of fused-ring (bicyclic) bond motifs is 1. The van der Waals surface area contributed by atoms with Crippen molar-refractivity contribution < 1.29 is 4.58 Å². The van der Waals surface area contributed by atoms with Crippen molar-refractivity contribution in [3.8, 4) is 5.69 Å². The molecule has 0 radical (unpaired) electrons. The molecule has 0 saturated carbocycles. The van der Waals surface area contributed by atoms with Crippen molar-refractivity contribution in [2.75, 3.05) is 7.05 Å². The largest absolute Gasteiger partial charge is 0.327 e. The van der Waals surface area contributed by atoms with E-state index in [4.69, 9.17) is 5.10 Å². The maximum absolute atomic E-state index is 4.75. The third-order valence-corrected chi connectivity index (χ3v) is 5.54. The molecule has 2 aromatic heterocycles. The summed E-state index contributed by atoms with van der Waals surface area (Å²) in [5.41, 5.74) is 6.85. The quantitative estimate of drug-likeness (QED) is 0.642. The first-order valence-corrected chi connectivity index (χ1v) is 9.27. The van der Waals surface area contributed by atoms with Gasteiger partial charge in [0, 0.05) is 11.3 Å². The Balaban J connectivity index is 1.75. The SMILES string of the molecule is Cc1nn(-c2ccccc2)c(C)c1C=CC1=[N+](C)c2ncccc2C1(C)C. The first-order valence-electron chi connectivity index (χ1n) is 9.27. The number of pyridine rings is 1. The lowest BCUT2D eigenvalue weighted by molar-refractivity contribution is -0.405. The number of aryl methyl sites for hydroxylation is 1. The normalized spacial score (nSPS) is 15.6. The van der Waals surface area contributed by atoms with Gasteiger partial charge in [0.05, 0.1) is 29.4 Å². The van der Waals surface area contributed by atoms with Gasteiger partial charge in [-0.1, -0.05) is 18.2 Å². The molecule has 27 heavy (non-hydrogen) atoms. The number of benzene rings is 1. The van der Waals surface area contributed by atoms with Crippen LogP contribution < -0.4 is 0 Å². The molecule has 1 aliphatic heterocycles. The molecule has 0 fully saturated rings. The third-order valence-electron chi connectivity index (χ3n) is 5.54. The number of nitrogens with zero attached hydrogens (tertiary/aromatic N) is 4. The maximum Gasteiger partial charge on any atom is 0.327 e.